The van der Waals surface area contributed by atoms with Crippen molar-refractivity contribution >= 4 is 31.7 Å². The molecule has 0 spiro atoms. The second-order valence-electron chi connectivity index (χ2n) is 5.97. The van der Waals surface area contributed by atoms with Gasteiger partial charge in [0.2, 0.25) is 5.91 Å². The molecule has 1 saturated carbocycles. The highest BCUT2D eigenvalue weighted by Gasteiger charge is 2.39. The van der Waals surface area contributed by atoms with E-state index in [1.165, 1.54) is 6.42 Å². The predicted molar refractivity (Wildman–Crippen MR) is 83.8 cm³/mol. The monoisotopic (exact) mass is 365 g/mol. The van der Waals surface area contributed by atoms with Crippen LogP contribution >= 0.6 is 15.9 Å². The fourth-order valence-electron chi connectivity index (χ4n) is 3.35. The number of alkyl halides is 1. The zero-order valence-electron chi connectivity index (χ0n) is 12.1. The Morgan fingerprint density at radius 1 is 1.20 bits per heavy atom. The van der Waals surface area contributed by atoms with Crippen molar-refractivity contribution in [1.82, 2.24) is 4.90 Å². The summed E-state index contributed by atoms with van der Waals surface area (Å²) in [5, 5.41) is 0. The summed E-state index contributed by atoms with van der Waals surface area (Å²) in [7, 11) is -2.95. The van der Waals surface area contributed by atoms with E-state index in [9.17, 15) is 13.2 Å². The van der Waals surface area contributed by atoms with E-state index >= 15 is 0 Å². The van der Waals surface area contributed by atoms with Crippen LogP contribution in [0.5, 0.6) is 0 Å². The van der Waals surface area contributed by atoms with Crippen molar-refractivity contribution in [2.45, 2.75) is 68.8 Å². The lowest BCUT2D eigenvalue weighted by Crippen LogP contribution is -2.51. The number of sulfone groups is 1. The summed E-state index contributed by atoms with van der Waals surface area (Å²) < 4.78 is 23.5. The highest BCUT2D eigenvalue weighted by Crippen LogP contribution is 2.30. The Kier molecular flexibility index (Phi) is 5.51. The number of carbonyl (C=O) groups excluding carboxylic acids is 1. The molecule has 0 aromatic rings. The first kappa shape index (κ1) is 16.3. The average Bonchev–Trinajstić information content (AvgIpc) is 2.79. The van der Waals surface area contributed by atoms with Gasteiger partial charge in [-0.3, -0.25) is 4.79 Å². The van der Waals surface area contributed by atoms with Gasteiger partial charge in [0, 0.05) is 12.1 Å². The van der Waals surface area contributed by atoms with Gasteiger partial charge in [0.1, 0.15) is 0 Å². The van der Waals surface area contributed by atoms with Crippen LogP contribution < -0.4 is 0 Å². The summed E-state index contributed by atoms with van der Waals surface area (Å²) in [6.07, 6.45) is 6.90. The molecule has 1 saturated heterocycles. The molecule has 1 aliphatic heterocycles. The molecule has 0 aromatic heterocycles. The average molecular weight is 366 g/mol. The van der Waals surface area contributed by atoms with Gasteiger partial charge in [0.15, 0.2) is 9.84 Å². The number of hydrogen-bond donors (Lipinski definition) is 0. The van der Waals surface area contributed by atoms with Crippen molar-refractivity contribution in [3.63, 3.8) is 0 Å². The van der Waals surface area contributed by atoms with Crippen LogP contribution in [0.4, 0.5) is 0 Å². The molecule has 4 nitrogen and oxygen atoms in total. The molecular formula is C14H24BrNO3S. The molecule has 0 bridgehead atoms. The Hall–Kier alpha value is -0.100. The predicted octanol–water partition coefficient (Wildman–Crippen LogP) is 2.51. The fraction of sp³-hybridized carbons (Fsp3) is 0.929. The number of halogens is 1. The van der Waals surface area contributed by atoms with Gasteiger partial charge < -0.3 is 4.90 Å². The Labute approximate surface area is 130 Å². The smallest absolute Gasteiger partial charge is 0.236 e. The molecule has 1 aliphatic carbocycles. The maximum atomic E-state index is 12.7. The maximum Gasteiger partial charge on any atom is 0.236 e. The van der Waals surface area contributed by atoms with E-state index in [1.807, 2.05) is 11.8 Å². The minimum atomic E-state index is -2.95. The van der Waals surface area contributed by atoms with Crippen molar-refractivity contribution in [1.29, 1.82) is 0 Å². The van der Waals surface area contributed by atoms with E-state index in [0.717, 1.165) is 32.1 Å². The molecule has 116 valence electrons. The molecule has 2 rings (SSSR count). The second-order valence-corrected chi connectivity index (χ2v) is 9.30. The molecule has 6 heteroatoms. The van der Waals surface area contributed by atoms with Crippen molar-refractivity contribution in [2.75, 3.05) is 11.5 Å². The third-order valence-electron chi connectivity index (χ3n) is 4.45. The molecule has 1 heterocycles. The van der Waals surface area contributed by atoms with Crippen LogP contribution in [-0.4, -0.2) is 47.6 Å². The van der Waals surface area contributed by atoms with E-state index in [2.05, 4.69) is 15.9 Å². The zero-order chi connectivity index (χ0) is 14.8. The number of amides is 1. The van der Waals surface area contributed by atoms with Gasteiger partial charge in [-0.05, 0) is 25.7 Å². The lowest BCUT2D eigenvalue weighted by molar-refractivity contribution is -0.135. The maximum absolute atomic E-state index is 12.7. The Morgan fingerprint density at radius 2 is 1.85 bits per heavy atom. The molecule has 0 N–H and O–H groups in total. The fourth-order valence-corrected chi connectivity index (χ4v) is 5.30. The highest BCUT2D eigenvalue weighted by molar-refractivity contribution is 9.10. The number of rotatable bonds is 4. The van der Waals surface area contributed by atoms with Gasteiger partial charge in [-0.25, -0.2) is 8.42 Å². The molecule has 0 radical (unpaired) electrons. The Balaban J connectivity index is 2.17. The van der Waals surface area contributed by atoms with Crippen molar-refractivity contribution in [2.24, 2.45) is 0 Å². The van der Waals surface area contributed by atoms with Gasteiger partial charge in [-0.2, -0.15) is 0 Å². The third kappa shape index (κ3) is 3.75. The minimum Gasteiger partial charge on any atom is -0.335 e. The van der Waals surface area contributed by atoms with Gasteiger partial charge in [-0.15, -0.1) is 0 Å². The zero-order valence-corrected chi connectivity index (χ0v) is 14.5. The molecule has 2 atom stereocenters. The SMILES string of the molecule is CCC(Br)C(=O)N(C1CCCCC1)C1CCS(=O)(=O)C1. The summed E-state index contributed by atoms with van der Waals surface area (Å²) >= 11 is 3.44. The standard InChI is InChI=1S/C14H24BrNO3S/c1-2-13(15)14(17)16(11-6-4-3-5-7-11)12-8-9-20(18,19)10-12/h11-13H,2-10H2,1H3. The van der Waals surface area contributed by atoms with Crippen molar-refractivity contribution in [3.8, 4) is 0 Å². The van der Waals surface area contributed by atoms with Crippen LogP contribution in [0.25, 0.3) is 0 Å². The second kappa shape index (κ2) is 6.77. The molecule has 20 heavy (non-hydrogen) atoms. The highest BCUT2D eigenvalue weighted by atomic mass is 79.9. The van der Waals surface area contributed by atoms with E-state index < -0.39 is 9.84 Å². The first-order valence-corrected chi connectivity index (χ1v) is 10.3. The van der Waals surface area contributed by atoms with E-state index in [1.54, 1.807) is 0 Å². The topological polar surface area (TPSA) is 54.5 Å². The van der Waals surface area contributed by atoms with Crippen LogP contribution in [-0.2, 0) is 14.6 Å². The molecule has 2 unspecified atom stereocenters. The first-order chi connectivity index (χ1) is 9.44. The van der Waals surface area contributed by atoms with Gasteiger partial charge in [0.05, 0.1) is 16.3 Å². The van der Waals surface area contributed by atoms with Crippen molar-refractivity contribution in [3.05, 3.63) is 0 Å². The number of hydrogen-bond acceptors (Lipinski definition) is 3. The summed E-state index contributed by atoms with van der Waals surface area (Å²) in [6, 6.07) is 0.128. The minimum absolute atomic E-state index is 0.0847. The van der Waals surface area contributed by atoms with Gasteiger partial charge in [-0.1, -0.05) is 42.1 Å². The molecule has 0 aromatic carbocycles. The van der Waals surface area contributed by atoms with Gasteiger partial charge >= 0.3 is 0 Å². The van der Waals surface area contributed by atoms with E-state index in [0.29, 0.717) is 6.42 Å². The lowest BCUT2D eigenvalue weighted by atomic mass is 9.92. The van der Waals surface area contributed by atoms with Crippen LogP contribution in [0.1, 0.15) is 51.9 Å². The largest absolute Gasteiger partial charge is 0.335 e. The number of carbonyl (C=O) groups is 1. The van der Waals surface area contributed by atoms with E-state index in [4.69, 9.17) is 0 Å². The summed E-state index contributed by atoms with van der Waals surface area (Å²) in [5.74, 6) is 0.466. The first-order valence-electron chi connectivity index (χ1n) is 7.61. The van der Waals surface area contributed by atoms with Crippen molar-refractivity contribution < 1.29 is 13.2 Å². The van der Waals surface area contributed by atoms with Crippen LogP contribution in [0.15, 0.2) is 0 Å². The molecular weight excluding hydrogens is 342 g/mol. The van der Waals surface area contributed by atoms with Crippen LogP contribution in [0, 0.1) is 0 Å². The summed E-state index contributed by atoms with van der Waals surface area (Å²) in [5.41, 5.74) is 0. The summed E-state index contributed by atoms with van der Waals surface area (Å²) in [4.78, 5) is 14.4. The summed E-state index contributed by atoms with van der Waals surface area (Å²) in [6.45, 7) is 1.97. The Bertz CT molecular complexity index is 445. The quantitative estimate of drug-likeness (QED) is 0.719. The van der Waals surface area contributed by atoms with Gasteiger partial charge in [0.25, 0.3) is 0 Å². The normalized spacial score (nSPS) is 28.2. The van der Waals surface area contributed by atoms with Crippen LogP contribution in [0.3, 0.4) is 0 Å². The lowest BCUT2D eigenvalue weighted by Gasteiger charge is -2.39. The van der Waals surface area contributed by atoms with Crippen LogP contribution in [0.2, 0.25) is 0 Å². The molecule has 2 aliphatic rings. The number of nitrogens with zero attached hydrogens (tertiary/aromatic N) is 1. The third-order valence-corrected chi connectivity index (χ3v) is 7.24. The molecule has 1 amide bonds. The molecule has 2 fully saturated rings. The van der Waals surface area contributed by atoms with E-state index in [-0.39, 0.29) is 34.3 Å². The Morgan fingerprint density at radius 3 is 2.35 bits per heavy atom.